The van der Waals surface area contributed by atoms with Crippen molar-refractivity contribution in [2.45, 2.75) is 25.7 Å². The van der Waals surface area contributed by atoms with Crippen LogP contribution in [0.3, 0.4) is 0 Å². The first-order chi connectivity index (χ1) is 13.1. The Hall–Kier alpha value is -0.900. The largest absolute Gasteiger partial charge is 0.379 e. The van der Waals surface area contributed by atoms with Crippen LogP contribution >= 0.6 is 0 Å². The Morgan fingerprint density at radius 3 is 2.59 bits per heavy atom. The Morgan fingerprint density at radius 1 is 1.15 bits per heavy atom. The van der Waals surface area contributed by atoms with E-state index in [1.807, 2.05) is 0 Å². The number of nitrogens with zero attached hydrogens (tertiary/aromatic N) is 3. The number of sulfonamides is 1. The number of aliphatic imine (C=N–C) groups is 1. The maximum atomic E-state index is 12.1. The molecule has 1 unspecified atom stereocenters. The molecule has 1 aliphatic carbocycles. The maximum Gasteiger partial charge on any atom is 0.213 e. The predicted octanol–water partition coefficient (Wildman–Crippen LogP) is -0.0646. The third-order valence-electron chi connectivity index (χ3n) is 5.89. The van der Waals surface area contributed by atoms with Gasteiger partial charge in [-0.1, -0.05) is 6.42 Å². The summed E-state index contributed by atoms with van der Waals surface area (Å²) in [6, 6.07) is 0. The molecule has 1 saturated carbocycles. The standard InChI is InChI=1S/C18H35N5O3S/c1-19-18(20-6-12-27(24,25)21-13-16-3-2-4-16)23-7-5-17(15-23)14-22-8-10-26-11-9-22/h16-17,21H,2-15H2,1H3,(H,19,20). The number of hydrogen-bond acceptors (Lipinski definition) is 5. The zero-order valence-corrected chi connectivity index (χ0v) is 17.3. The van der Waals surface area contributed by atoms with E-state index in [1.54, 1.807) is 7.05 Å². The van der Waals surface area contributed by atoms with E-state index in [-0.39, 0.29) is 5.75 Å². The van der Waals surface area contributed by atoms with Crippen LogP contribution < -0.4 is 10.0 Å². The van der Waals surface area contributed by atoms with Gasteiger partial charge < -0.3 is 15.0 Å². The van der Waals surface area contributed by atoms with E-state index < -0.39 is 10.0 Å². The lowest BCUT2D eigenvalue weighted by Crippen LogP contribution is -2.44. The molecule has 3 aliphatic rings. The van der Waals surface area contributed by atoms with Gasteiger partial charge in [0.05, 0.1) is 19.0 Å². The molecule has 3 fully saturated rings. The van der Waals surface area contributed by atoms with Gasteiger partial charge in [-0.2, -0.15) is 0 Å². The number of guanidine groups is 1. The van der Waals surface area contributed by atoms with Gasteiger partial charge in [-0.3, -0.25) is 9.89 Å². The van der Waals surface area contributed by atoms with Gasteiger partial charge in [0.2, 0.25) is 10.0 Å². The summed E-state index contributed by atoms with van der Waals surface area (Å²) in [6.45, 7) is 7.75. The van der Waals surface area contributed by atoms with Crippen LogP contribution in [0.1, 0.15) is 25.7 Å². The first kappa shape index (κ1) is 20.8. The number of likely N-dealkylation sites (tertiary alicyclic amines) is 1. The molecular weight excluding hydrogens is 366 g/mol. The SMILES string of the molecule is CN=C(NCCS(=O)(=O)NCC1CCC1)N1CCC(CN2CCOCC2)C1. The van der Waals surface area contributed by atoms with Crippen molar-refractivity contribution in [3.63, 3.8) is 0 Å². The van der Waals surface area contributed by atoms with Crippen LogP contribution in [-0.4, -0.2) is 96.0 Å². The molecule has 27 heavy (non-hydrogen) atoms. The first-order valence-corrected chi connectivity index (χ1v) is 11.9. The topological polar surface area (TPSA) is 86.3 Å². The Balaban J connectivity index is 1.36. The Bertz CT molecular complexity index is 588. The Labute approximate surface area is 163 Å². The monoisotopic (exact) mass is 401 g/mol. The van der Waals surface area contributed by atoms with E-state index in [0.29, 0.717) is 24.9 Å². The van der Waals surface area contributed by atoms with E-state index in [1.165, 1.54) is 6.42 Å². The molecule has 0 radical (unpaired) electrons. The van der Waals surface area contributed by atoms with Gasteiger partial charge in [-0.25, -0.2) is 13.1 Å². The summed E-state index contributed by atoms with van der Waals surface area (Å²) in [5, 5.41) is 3.23. The Kier molecular flexibility index (Phi) is 7.75. The lowest BCUT2D eigenvalue weighted by Gasteiger charge is -2.29. The van der Waals surface area contributed by atoms with Crippen LogP contribution in [0.2, 0.25) is 0 Å². The van der Waals surface area contributed by atoms with Crippen molar-refractivity contribution in [3.05, 3.63) is 0 Å². The van der Waals surface area contributed by atoms with Crippen molar-refractivity contribution in [3.8, 4) is 0 Å². The average molecular weight is 402 g/mol. The number of morpholine rings is 1. The molecule has 156 valence electrons. The highest BCUT2D eigenvalue weighted by molar-refractivity contribution is 7.89. The molecule has 8 nitrogen and oxygen atoms in total. The van der Waals surface area contributed by atoms with E-state index in [9.17, 15) is 8.42 Å². The molecule has 0 bridgehead atoms. The van der Waals surface area contributed by atoms with E-state index >= 15 is 0 Å². The number of hydrogen-bond donors (Lipinski definition) is 2. The van der Waals surface area contributed by atoms with Crippen LogP contribution in [0, 0.1) is 11.8 Å². The van der Waals surface area contributed by atoms with Crippen molar-refractivity contribution in [2.24, 2.45) is 16.8 Å². The molecule has 3 rings (SSSR count). The normalized spacial score (nSPS) is 25.6. The van der Waals surface area contributed by atoms with Crippen molar-refractivity contribution in [2.75, 3.05) is 71.8 Å². The highest BCUT2D eigenvalue weighted by Crippen LogP contribution is 2.25. The minimum atomic E-state index is -3.21. The van der Waals surface area contributed by atoms with E-state index in [4.69, 9.17) is 4.74 Å². The highest BCUT2D eigenvalue weighted by atomic mass is 32.2. The van der Waals surface area contributed by atoms with Crippen molar-refractivity contribution < 1.29 is 13.2 Å². The third-order valence-corrected chi connectivity index (χ3v) is 7.24. The minimum Gasteiger partial charge on any atom is -0.379 e. The Morgan fingerprint density at radius 2 is 1.93 bits per heavy atom. The summed E-state index contributed by atoms with van der Waals surface area (Å²) in [7, 11) is -1.45. The summed E-state index contributed by atoms with van der Waals surface area (Å²) >= 11 is 0. The van der Waals surface area contributed by atoms with Gasteiger partial charge in [0, 0.05) is 52.9 Å². The fraction of sp³-hybridized carbons (Fsp3) is 0.944. The summed E-state index contributed by atoms with van der Waals surface area (Å²) < 4.78 is 32.4. The van der Waals surface area contributed by atoms with Gasteiger partial charge >= 0.3 is 0 Å². The lowest BCUT2D eigenvalue weighted by atomic mass is 9.86. The van der Waals surface area contributed by atoms with Gasteiger partial charge in [-0.15, -0.1) is 0 Å². The predicted molar refractivity (Wildman–Crippen MR) is 107 cm³/mol. The molecule has 0 aromatic carbocycles. The van der Waals surface area contributed by atoms with Gasteiger partial charge in [0.1, 0.15) is 0 Å². The van der Waals surface area contributed by atoms with Gasteiger partial charge in [0.15, 0.2) is 5.96 Å². The summed E-state index contributed by atoms with van der Waals surface area (Å²) in [5.41, 5.74) is 0. The zero-order chi connectivity index (χ0) is 19.1. The van der Waals surface area contributed by atoms with Crippen LogP contribution in [0.5, 0.6) is 0 Å². The van der Waals surface area contributed by atoms with Crippen molar-refractivity contribution in [1.82, 2.24) is 19.8 Å². The molecule has 0 spiro atoms. The molecular formula is C18H35N5O3S. The molecule has 2 aliphatic heterocycles. The van der Waals surface area contributed by atoms with Gasteiger partial charge in [0.25, 0.3) is 0 Å². The fourth-order valence-electron chi connectivity index (χ4n) is 3.97. The van der Waals surface area contributed by atoms with Crippen LogP contribution in [-0.2, 0) is 14.8 Å². The maximum absolute atomic E-state index is 12.1. The summed E-state index contributed by atoms with van der Waals surface area (Å²) in [4.78, 5) is 9.08. The molecule has 1 atom stereocenters. The second kappa shape index (κ2) is 10.0. The second-order valence-electron chi connectivity index (χ2n) is 7.95. The summed E-state index contributed by atoms with van der Waals surface area (Å²) in [6.07, 6.45) is 4.67. The molecule has 2 N–H and O–H groups in total. The lowest BCUT2D eigenvalue weighted by molar-refractivity contribution is 0.0315. The molecule has 2 saturated heterocycles. The van der Waals surface area contributed by atoms with Crippen LogP contribution in [0.4, 0.5) is 0 Å². The minimum absolute atomic E-state index is 0.0871. The number of nitrogens with one attached hydrogen (secondary N) is 2. The number of rotatable bonds is 8. The van der Waals surface area contributed by atoms with Crippen molar-refractivity contribution >= 4 is 16.0 Å². The molecule has 2 heterocycles. The fourth-order valence-corrected chi connectivity index (χ4v) is 4.97. The molecule has 9 heteroatoms. The number of ether oxygens (including phenoxy) is 1. The van der Waals surface area contributed by atoms with Crippen molar-refractivity contribution in [1.29, 1.82) is 0 Å². The zero-order valence-electron chi connectivity index (χ0n) is 16.5. The van der Waals surface area contributed by atoms with E-state index in [2.05, 4.69) is 24.8 Å². The summed E-state index contributed by atoms with van der Waals surface area (Å²) in [5.74, 6) is 2.07. The smallest absolute Gasteiger partial charge is 0.213 e. The van der Waals surface area contributed by atoms with E-state index in [0.717, 1.165) is 71.2 Å². The third kappa shape index (κ3) is 6.58. The molecule has 0 amide bonds. The highest BCUT2D eigenvalue weighted by Gasteiger charge is 2.27. The molecule has 0 aromatic heterocycles. The second-order valence-corrected chi connectivity index (χ2v) is 9.88. The quantitative estimate of drug-likeness (QED) is 0.438. The van der Waals surface area contributed by atoms with Crippen LogP contribution in [0.25, 0.3) is 0 Å². The van der Waals surface area contributed by atoms with Gasteiger partial charge in [-0.05, 0) is 31.1 Å². The van der Waals surface area contributed by atoms with Crippen LogP contribution in [0.15, 0.2) is 4.99 Å². The molecule has 0 aromatic rings. The first-order valence-electron chi connectivity index (χ1n) is 10.3. The average Bonchev–Trinajstić information content (AvgIpc) is 3.06.